The standard InChI is InChI=1S/C15H15F3N4O/c1-2-3-14(23)20-13-9-8-12(21-22-13)19-11-6-4-10(5-7-11)15(16,17)18/h4-9H,2-3H2,1H3,(H,19,21)(H,20,22,23). The molecule has 1 aromatic carbocycles. The maximum Gasteiger partial charge on any atom is 0.416 e. The monoisotopic (exact) mass is 324 g/mol. The van der Waals surface area contributed by atoms with Crippen LogP contribution in [0, 0.1) is 0 Å². The molecule has 0 saturated heterocycles. The highest BCUT2D eigenvalue weighted by Gasteiger charge is 2.29. The van der Waals surface area contributed by atoms with Crippen molar-refractivity contribution in [1.29, 1.82) is 0 Å². The smallest absolute Gasteiger partial charge is 0.339 e. The van der Waals surface area contributed by atoms with Gasteiger partial charge >= 0.3 is 6.18 Å². The number of hydrogen-bond donors (Lipinski definition) is 2. The topological polar surface area (TPSA) is 66.9 Å². The zero-order valence-electron chi connectivity index (χ0n) is 12.3. The van der Waals surface area contributed by atoms with Crippen LogP contribution in [-0.4, -0.2) is 16.1 Å². The summed E-state index contributed by atoms with van der Waals surface area (Å²) in [5.74, 6) is 0.532. The molecule has 0 spiro atoms. The number of carbonyl (C=O) groups excluding carboxylic acids is 1. The van der Waals surface area contributed by atoms with E-state index in [0.29, 0.717) is 23.7 Å². The molecule has 0 saturated carbocycles. The van der Waals surface area contributed by atoms with Crippen LogP contribution in [0.15, 0.2) is 36.4 Å². The van der Waals surface area contributed by atoms with E-state index in [0.717, 1.165) is 18.6 Å². The highest BCUT2D eigenvalue weighted by molar-refractivity contribution is 5.89. The Labute approximate surface area is 130 Å². The van der Waals surface area contributed by atoms with E-state index in [-0.39, 0.29) is 5.91 Å². The SMILES string of the molecule is CCCC(=O)Nc1ccc(Nc2ccc(C(F)(F)F)cc2)nn1. The van der Waals surface area contributed by atoms with Gasteiger partial charge < -0.3 is 10.6 Å². The Bertz CT molecular complexity index is 654. The molecular formula is C15H15F3N4O. The van der Waals surface area contributed by atoms with Crippen LogP contribution in [0.25, 0.3) is 0 Å². The van der Waals surface area contributed by atoms with E-state index in [1.807, 2.05) is 6.92 Å². The lowest BCUT2D eigenvalue weighted by Gasteiger charge is -2.09. The van der Waals surface area contributed by atoms with E-state index in [1.165, 1.54) is 12.1 Å². The summed E-state index contributed by atoms with van der Waals surface area (Å²) in [6.45, 7) is 1.89. The van der Waals surface area contributed by atoms with Crippen molar-refractivity contribution in [1.82, 2.24) is 10.2 Å². The second-order valence-corrected chi connectivity index (χ2v) is 4.80. The molecule has 0 radical (unpaired) electrons. The van der Waals surface area contributed by atoms with Crippen LogP contribution in [0.3, 0.4) is 0 Å². The number of nitrogens with one attached hydrogen (secondary N) is 2. The minimum Gasteiger partial charge on any atom is -0.339 e. The van der Waals surface area contributed by atoms with Crippen LogP contribution in [-0.2, 0) is 11.0 Å². The van der Waals surface area contributed by atoms with Crippen molar-refractivity contribution in [2.45, 2.75) is 25.9 Å². The van der Waals surface area contributed by atoms with Crippen LogP contribution >= 0.6 is 0 Å². The molecule has 122 valence electrons. The first kappa shape index (κ1) is 16.7. The molecule has 1 aromatic heterocycles. The summed E-state index contributed by atoms with van der Waals surface area (Å²) in [6.07, 6.45) is -3.24. The summed E-state index contributed by atoms with van der Waals surface area (Å²) in [5, 5.41) is 13.1. The Balaban J connectivity index is 1.99. The average molecular weight is 324 g/mol. The Morgan fingerprint density at radius 2 is 1.65 bits per heavy atom. The molecule has 0 unspecified atom stereocenters. The number of anilines is 3. The molecule has 0 aliphatic heterocycles. The van der Waals surface area contributed by atoms with Gasteiger partial charge in [0.25, 0.3) is 0 Å². The Hall–Kier alpha value is -2.64. The lowest BCUT2D eigenvalue weighted by atomic mass is 10.2. The van der Waals surface area contributed by atoms with Crippen molar-refractivity contribution in [3.05, 3.63) is 42.0 Å². The molecule has 23 heavy (non-hydrogen) atoms. The van der Waals surface area contributed by atoms with Crippen molar-refractivity contribution in [2.75, 3.05) is 10.6 Å². The van der Waals surface area contributed by atoms with Gasteiger partial charge in [-0.2, -0.15) is 13.2 Å². The van der Waals surface area contributed by atoms with Gasteiger partial charge in [0, 0.05) is 12.1 Å². The summed E-state index contributed by atoms with van der Waals surface area (Å²) in [4.78, 5) is 11.4. The number of nitrogens with zero attached hydrogens (tertiary/aromatic N) is 2. The maximum absolute atomic E-state index is 12.5. The Morgan fingerprint density at radius 1 is 1.04 bits per heavy atom. The quantitative estimate of drug-likeness (QED) is 0.873. The van der Waals surface area contributed by atoms with Gasteiger partial charge in [-0.1, -0.05) is 6.92 Å². The van der Waals surface area contributed by atoms with Gasteiger partial charge in [0.2, 0.25) is 5.91 Å². The Morgan fingerprint density at radius 3 is 2.17 bits per heavy atom. The first-order chi connectivity index (χ1) is 10.9. The molecule has 1 heterocycles. The third kappa shape index (κ3) is 4.94. The van der Waals surface area contributed by atoms with Gasteiger partial charge in [-0.05, 0) is 42.8 Å². The molecular weight excluding hydrogens is 309 g/mol. The van der Waals surface area contributed by atoms with Crippen molar-refractivity contribution in [2.24, 2.45) is 0 Å². The molecule has 2 N–H and O–H groups in total. The van der Waals surface area contributed by atoms with Crippen LogP contribution < -0.4 is 10.6 Å². The number of carbonyl (C=O) groups is 1. The number of alkyl halides is 3. The number of benzene rings is 1. The highest BCUT2D eigenvalue weighted by Crippen LogP contribution is 2.30. The molecule has 8 heteroatoms. The second-order valence-electron chi connectivity index (χ2n) is 4.80. The van der Waals surface area contributed by atoms with E-state index >= 15 is 0 Å². The molecule has 2 aromatic rings. The Kier molecular flexibility index (Phi) is 5.15. The summed E-state index contributed by atoms with van der Waals surface area (Å²) < 4.78 is 37.4. The van der Waals surface area contributed by atoms with E-state index in [2.05, 4.69) is 20.8 Å². The van der Waals surface area contributed by atoms with E-state index < -0.39 is 11.7 Å². The van der Waals surface area contributed by atoms with Gasteiger partial charge in [0.05, 0.1) is 5.56 Å². The minimum atomic E-state index is -4.36. The minimum absolute atomic E-state index is 0.148. The first-order valence-electron chi connectivity index (χ1n) is 6.96. The molecule has 0 atom stereocenters. The van der Waals surface area contributed by atoms with Crippen molar-refractivity contribution in [3.8, 4) is 0 Å². The normalized spacial score (nSPS) is 11.1. The van der Waals surface area contributed by atoms with Crippen molar-refractivity contribution < 1.29 is 18.0 Å². The molecule has 5 nitrogen and oxygen atoms in total. The maximum atomic E-state index is 12.5. The summed E-state index contributed by atoms with van der Waals surface area (Å²) in [5.41, 5.74) is -0.266. The van der Waals surface area contributed by atoms with E-state index in [4.69, 9.17) is 0 Å². The third-order valence-corrected chi connectivity index (χ3v) is 2.89. The van der Waals surface area contributed by atoms with E-state index in [9.17, 15) is 18.0 Å². The second kappa shape index (κ2) is 7.08. The molecule has 0 bridgehead atoms. The number of aromatic nitrogens is 2. The van der Waals surface area contributed by atoms with Gasteiger partial charge in [0.1, 0.15) is 0 Å². The molecule has 2 rings (SSSR count). The molecule has 0 aliphatic rings. The summed E-state index contributed by atoms with van der Waals surface area (Å²) >= 11 is 0. The lowest BCUT2D eigenvalue weighted by molar-refractivity contribution is -0.137. The number of hydrogen-bond acceptors (Lipinski definition) is 4. The molecule has 0 fully saturated rings. The van der Waals surface area contributed by atoms with Gasteiger partial charge in [-0.3, -0.25) is 4.79 Å². The fourth-order valence-electron chi connectivity index (χ4n) is 1.79. The lowest BCUT2D eigenvalue weighted by Crippen LogP contribution is -2.12. The van der Waals surface area contributed by atoms with Crippen LogP contribution in [0.4, 0.5) is 30.5 Å². The van der Waals surface area contributed by atoms with Crippen LogP contribution in [0.5, 0.6) is 0 Å². The summed E-state index contributed by atoms with van der Waals surface area (Å²) in [6, 6.07) is 7.71. The van der Waals surface area contributed by atoms with Crippen molar-refractivity contribution >= 4 is 23.2 Å². The fraction of sp³-hybridized carbons (Fsp3) is 0.267. The van der Waals surface area contributed by atoms with Gasteiger partial charge in [-0.25, -0.2) is 0 Å². The first-order valence-corrected chi connectivity index (χ1v) is 6.96. The number of halogens is 3. The number of rotatable bonds is 5. The molecule has 0 aliphatic carbocycles. The zero-order chi connectivity index (χ0) is 16.9. The zero-order valence-corrected chi connectivity index (χ0v) is 12.3. The molecule has 1 amide bonds. The predicted octanol–water partition coefficient (Wildman–Crippen LogP) is 3.98. The average Bonchev–Trinajstić information content (AvgIpc) is 2.49. The number of amides is 1. The highest BCUT2D eigenvalue weighted by atomic mass is 19.4. The predicted molar refractivity (Wildman–Crippen MR) is 80.3 cm³/mol. The van der Waals surface area contributed by atoms with Gasteiger partial charge in [0.15, 0.2) is 11.6 Å². The van der Waals surface area contributed by atoms with Crippen LogP contribution in [0.2, 0.25) is 0 Å². The van der Waals surface area contributed by atoms with E-state index in [1.54, 1.807) is 12.1 Å². The largest absolute Gasteiger partial charge is 0.416 e. The third-order valence-electron chi connectivity index (χ3n) is 2.89. The fourth-order valence-corrected chi connectivity index (χ4v) is 1.79. The van der Waals surface area contributed by atoms with Crippen molar-refractivity contribution in [3.63, 3.8) is 0 Å². The van der Waals surface area contributed by atoms with Crippen LogP contribution in [0.1, 0.15) is 25.3 Å². The summed E-state index contributed by atoms with van der Waals surface area (Å²) in [7, 11) is 0. The van der Waals surface area contributed by atoms with Gasteiger partial charge in [-0.15, -0.1) is 10.2 Å².